The molecule has 0 amide bonds. The molecule has 3 aromatic rings. The molecule has 0 fully saturated rings. The minimum Gasteiger partial charge on any atom is -0.0614 e. The lowest BCUT2D eigenvalue weighted by Gasteiger charge is -2.09. The predicted octanol–water partition coefficient (Wildman–Crippen LogP) is 5.75. The van der Waals surface area contributed by atoms with Crippen molar-refractivity contribution in [2.75, 3.05) is 0 Å². The highest BCUT2D eigenvalue weighted by molar-refractivity contribution is 5.90. The van der Waals surface area contributed by atoms with Crippen molar-refractivity contribution < 1.29 is 0 Å². The zero-order valence-corrected chi connectivity index (χ0v) is 14.0. The van der Waals surface area contributed by atoms with Gasteiger partial charge in [0.15, 0.2) is 0 Å². The molecule has 23 heavy (non-hydrogen) atoms. The van der Waals surface area contributed by atoms with Crippen LogP contribution in [0.3, 0.4) is 0 Å². The van der Waals surface area contributed by atoms with Crippen molar-refractivity contribution in [3.8, 4) is 22.3 Å². The van der Waals surface area contributed by atoms with Crippen LogP contribution in [0.4, 0.5) is 0 Å². The molecule has 2 aliphatic carbocycles. The average Bonchev–Trinajstić information content (AvgIpc) is 3.06. The summed E-state index contributed by atoms with van der Waals surface area (Å²) in [6.07, 6.45) is 2.19. The molecule has 0 bridgehead atoms. The average molecular weight is 296 g/mol. The van der Waals surface area contributed by atoms with E-state index in [-0.39, 0.29) is 0 Å². The Morgan fingerprint density at radius 2 is 1.48 bits per heavy atom. The highest BCUT2D eigenvalue weighted by Gasteiger charge is 2.29. The van der Waals surface area contributed by atoms with Crippen molar-refractivity contribution in [3.63, 3.8) is 0 Å². The van der Waals surface area contributed by atoms with Crippen molar-refractivity contribution in [1.29, 1.82) is 0 Å². The van der Waals surface area contributed by atoms with Gasteiger partial charge in [0.05, 0.1) is 0 Å². The summed E-state index contributed by atoms with van der Waals surface area (Å²) in [5.74, 6) is 0. The second-order valence-electron chi connectivity index (χ2n) is 7.19. The number of hydrogen-bond donors (Lipinski definition) is 0. The first-order valence-electron chi connectivity index (χ1n) is 8.47. The molecule has 0 heteroatoms. The van der Waals surface area contributed by atoms with E-state index >= 15 is 0 Å². The van der Waals surface area contributed by atoms with E-state index in [0.717, 1.165) is 12.8 Å². The maximum atomic E-state index is 2.37. The standard InChI is InChI=1S/C23H20/c1-13-9-15(3)20-12-22-17(21(20)10-13)8-7-16-11-19-14(2)5-4-6-18(19)23(16)22/h4-10H,11-12H2,1-3H3. The first-order valence-corrected chi connectivity index (χ1v) is 8.47. The van der Waals surface area contributed by atoms with Gasteiger partial charge >= 0.3 is 0 Å². The van der Waals surface area contributed by atoms with Gasteiger partial charge in [0.1, 0.15) is 0 Å². The molecular weight excluding hydrogens is 276 g/mol. The van der Waals surface area contributed by atoms with E-state index in [1.807, 2.05) is 0 Å². The van der Waals surface area contributed by atoms with Gasteiger partial charge in [-0.25, -0.2) is 0 Å². The summed E-state index contributed by atoms with van der Waals surface area (Å²) in [7, 11) is 0. The molecule has 0 nitrogen and oxygen atoms in total. The van der Waals surface area contributed by atoms with Crippen LogP contribution < -0.4 is 0 Å². The topological polar surface area (TPSA) is 0 Å². The third-order valence-corrected chi connectivity index (χ3v) is 5.71. The molecular formula is C23H20. The lowest BCUT2D eigenvalue weighted by Crippen LogP contribution is -1.90. The quantitative estimate of drug-likeness (QED) is 0.341. The molecule has 0 spiro atoms. The molecule has 0 atom stereocenters. The highest BCUT2D eigenvalue weighted by Crippen LogP contribution is 2.48. The van der Waals surface area contributed by atoms with E-state index in [1.165, 1.54) is 55.6 Å². The van der Waals surface area contributed by atoms with Gasteiger partial charge in [0.25, 0.3) is 0 Å². The number of fused-ring (bicyclic) bond motifs is 7. The van der Waals surface area contributed by atoms with Gasteiger partial charge in [-0.1, -0.05) is 48.0 Å². The van der Waals surface area contributed by atoms with Gasteiger partial charge in [-0.15, -0.1) is 0 Å². The molecule has 0 aliphatic heterocycles. The Morgan fingerprint density at radius 3 is 2.35 bits per heavy atom. The first-order chi connectivity index (χ1) is 11.1. The Labute approximate surface area is 137 Å². The highest BCUT2D eigenvalue weighted by atomic mass is 14.3. The third-order valence-electron chi connectivity index (χ3n) is 5.71. The summed E-state index contributed by atoms with van der Waals surface area (Å²) in [6, 6.07) is 16.2. The fourth-order valence-corrected chi connectivity index (χ4v) is 4.63. The lowest BCUT2D eigenvalue weighted by molar-refractivity contribution is 1.19. The number of benzene rings is 3. The summed E-state index contributed by atoms with van der Waals surface area (Å²) < 4.78 is 0. The molecule has 2 aliphatic rings. The van der Waals surface area contributed by atoms with Crippen molar-refractivity contribution in [3.05, 3.63) is 81.4 Å². The van der Waals surface area contributed by atoms with Crippen LogP contribution in [0.15, 0.2) is 42.5 Å². The van der Waals surface area contributed by atoms with Crippen molar-refractivity contribution >= 4 is 0 Å². The molecule has 3 aromatic carbocycles. The van der Waals surface area contributed by atoms with Crippen LogP contribution >= 0.6 is 0 Å². The monoisotopic (exact) mass is 296 g/mol. The zero-order valence-electron chi connectivity index (χ0n) is 14.0. The molecule has 0 saturated heterocycles. The minimum atomic E-state index is 1.09. The summed E-state index contributed by atoms with van der Waals surface area (Å²) in [6.45, 7) is 6.71. The molecule has 112 valence electrons. The van der Waals surface area contributed by atoms with Gasteiger partial charge in [0, 0.05) is 0 Å². The molecule has 0 N–H and O–H groups in total. The molecule has 0 heterocycles. The normalized spacial score (nSPS) is 13.5. The molecule has 5 rings (SSSR count). The molecule has 0 unspecified atom stereocenters. The van der Waals surface area contributed by atoms with Crippen molar-refractivity contribution in [2.45, 2.75) is 33.6 Å². The fraction of sp³-hybridized carbons (Fsp3) is 0.217. The van der Waals surface area contributed by atoms with E-state index < -0.39 is 0 Å². The maximum Gasteiger partial charge on any atom is -0.000455 e. The van der Waals surface area contributed by atoms with Crippen LogP contribution in [0.25, 0.3) is 22.3 Å². The summed E-state index contributed by atoms with van der Waals surface area (Å²) in [5, 5.41) is 0. The van der Waals surface area contributed by atoms with Crippen LogP contribution in [0, 0.1) is 20.8 Å². The van der Waals surface area contributed by atoms with E-state index in [2.05, 4.69) is 63.2 Å². The Morgan fingerprint density at radius 1 is 0.652 bits per heavy atom. The first kappa shape index (κ1) is 13.1. The Balaban J connectivity index is 1.81. The van der Waals surface area contributed by atoms with Crippen LogP contribution in [0.5, 0.6) is 0 Å². The Bertz CT molecular complexity index is 989. The van der Waals surface area contributed by atoms with Gasteiger partial charge in [-0.2, -0.15) is 0 Å². The van der Waals surface area contributed by atoms with Gasteiger partial charge in [-0.3, -0.25) is 0 Å². The molecule has 0 saturated carbocycles. The van der Waals surface area contributed by atoms with Gasteiger partial charge in [-0.05, 0) is 89.2 Å². The third kappa shape index (κ3) is 1.67. The largest absolute Gasteiger partial charge is 0.0614 e. The Kier molecular flexibility index (Phi) is 2.48. The summed E-state index contributed by atoms with van der Waals surface area (Å²) in [4.78, 5) is 0. The summed E-state index contributed by atoms with van der Waals surface area (Å²) >= 11 is 0. The number of hydrogen-bond acceptors (Lipinski definition) is 0. The van der Waals surface area contributed by atoms with E-state index in [4.69, 9.17) is 0 Å². The van der Waals surface area contributed by atoms with Gasteiger partial charge in [0.2, 0.25) is 0 Å². The van der Waals surface area contributed by atoms with Crippen LogP contribution in [0.2, 0.25) is 0 Å². The molecule has 0 aromatic heterocycles. The zero-order chi connectivity index (χ0) is 15.7. The predicted molar refractivity (Wildman–Crippen MR) is 97.1 cm³/mol. The fourth-order valence-electron chi connectivity index (χ4n) is 4.63. The SMILES string of the molecule is Cc1cc(C)c2c(c1)-c1ccc3c(c1C2)-c1cccc(C)c1C3. The van der Waals surface area contributed by atoms with E-state index in [1.54, 1.807) is 5.56 Å². The van der Waals surface area contributed by atoms with Crippen LogP contribution in [0.1, 0.15) is 38.9 Å². The van der Waals surface area contributed by atoms with E-state index in [9.17, 15) is 0 Å². The minimum absolute atomic E-state index is 1.09. The second kappa shape index (κ2) is 4.35. The van der Waals surface area contributed by atoms with Gasteiger partial charge < -0.3 is 0 Å². The smallest absolute Gasteiger partial charge is 0.000455 e. The van der Waals surface area contributed by atoms with Crippen LogP contribution in [-0.4, -0.2) is 0 Å². The number of rotatable bonds is 0. The van der Waals surface area contributed by atoms with Crippen LogP contribution in [-0.2, 0) is 12.8 Å². The van der Waals surface area contributed by atoms with Crippen molar-refractivity contribution in [2.24, 2.45) is 0 Å². The lowest BCUT2D eigenvalue weighted by atomic mass is 9.95. The van der Waals surface area contributed by atoms with E-state index in [0.29, 0.717) is 0 Å². The molecule has 0 radical (unpaired) electrons. The summed E-state index contributed by atoms with van der Waals surface area (Å²) in [5.41, 5.74) is 16.3. The number of aryl methyl sites for hydroxylation is 3. The second-order valence-corrected chi connectivity index (χ2v) is 7.19. The van der Waals surface area contributed by atoms with Crippen molar-refractivity contribution in [1.82, 2.24) is 0 Å². The Hall–Kier alpha value is -2.34. The maximum absolute atomic E-state index is 2.37.